The van der Waals surface area contributed by atoms with Crippen LogP contribution in [0.2, 0.25) is 0 Å². The van der Waals surface area contributed by atoms with E-state index in [1.165, 1.54) is 70.5 Å². The molecule has 0 N–H and O–H groups in total. The van der Waals surface area contributed by atoms with Crippen molar-refractivity contribution in [3.05, 3.63) is 12.4 Å². The molecule has 0 aromatic heterocycles. The van der Waals surface area contributed by atoms with E-state index in [0.717, 1.165) is 0 Å². The number of rotatable bonds is 2. The fraction of sp³-hybridized carbons (Fsp3) is 0.833. The largest absolute Gasteiger partial charge is 0.359 e. The highest BCUT2D eigenvalue weighted by Crippen LogP contribution is 2.20. The molecule has 0 aliphatic carbocycles. The minimum atomic E-state index is 1.23. The predicted molar refractivity (Wildman–Crippen MR) is 60.0 cm³/mol. The van der Waals surface area contributed by atoms with Gasteiger partial charge in [0.25, 0.3) is 0 Å². The third-order valence-electron chi connectivity index (χ3n) is 3.44. The summed E-state index contributed by atoms with van der Waals surface area (Å²) in [4.78, 5) is 4.96. The lowest BCUT2D eigenvalue weighted by Crippen LogP contribution is -2.40. The Bertz CT molecular complexity index is 168. The van der Waals surface area contributed by atoms with E-state index in [2.05, 4.69) is 16.4 Å². The van der Waals surface area contributed by atoms with Gasteiger partial charge in [0.05, 0.1) is 5.82 Å². The molecule has 0 atom stereocenters. The van der Waals surface area contributed by atoms with Crippen molar-refractivity contribution in [1.82, 2.24) is 9.80 Å². The first-order chi connectivity index (χ1) is 6.88. The maximum absolute atomic E-state index is 4.25. The first-order valence-corrected chi connectivity index (χ1v) is 6.07. The zero-order valence-electron chi connectivity index (χ0n) is 9.17. The molecule has 0 unspecified atom stereocenters. The summed E-state index contributed by atoms with van der Waals surface area (Å²) in [7, 11) is 0. The van der Waals surface area contributed by atoms with Gasteiger partial charge in [0.2, 0.25) is 0 Å². The Morgan fingerprint density at radius 2 is 1.00 bits per heavy atom. The third kappa shape index (κ3) is 2.23. The molecule has 2 aliphatic rings. The molecule has 2 rings (SSSR count). The molecule has 14 heavy (non-hydrogen) atoms. The Morgan fingerprint density at radius 3 is 1.36 bits per heavy atom. The SMILES string of the molecule is C=C(N1CCCCC1)N1CCCCC1. The van der Waals surface area contributed by atoms with E-state index in [9.17, 15) is 0 Å². The molecule has 0 spiro atoms. The number of piperidine rings is 2. The lowest BCUT2D eigenvalue weighted by molar-refractivity contribution is 0.168. The van der Waals surface area contributed by atoms with Crippen molar-refractivity contribution in [1.29, 1.82) is 0 Å². The van der Waals surface area contributed by atoms with Gasteiger partial charge in [0.1, 0.15) is 0 Å². The summed E-state index contributed by atoms with van der Waals surface area (Å²) in [6, 6.07) is 0. The highest BCUT2D eigenvalue weighted by Gasteiger charge is 2.18. The maximum atomic E-state index is 4.25. The lowest BCUT2D eigenvalue weighted by Gasteiger charge is -2.39. The summed E-state index contributed by atoms with van der Waals surface area (Å²) in [5.74, 6) is 1.30. The second kappa shape index (κ2) is 4.72. The van der Waals surface area contributed by atoms with Crippen molar-refractivity contribution in [2.45, 2.75) is 38.5 Å². The summed E-state index contributed by atoms with van der Waals surface area (Å²) < 4.78 is 0. The fourth-order valence-corrected chi connectivity index (χ4v) is 2.50. The highest BCUT2D eigenvalue weighted by molar-refractivity contribution is 4.95. The Kier molecular flexibility index (Phi) is 3.33. The van der Waals surface area contributed by atoms with Crippen LogP contribution >= 0.6 is 0 Å². The Labute approximate surface area is 87.6 Å². The van der Waals surface area contributed by atoms with Gasteiger partial charge in [-0.3, -0.25) is 0 Å². The Morgan fingerprint density at radius 1 is 0.643 bits per heavy atom. The second-order valence-electron chi connectivity index (χ2n) is 4.51. The van der Waals surface area contributed by atoms with E-state index < -0.39 is 0 Å². The zero-order valence-corrected chi connectivity index (χ0v) is 9.17. The van der Waals surface area contributed by atoms with E-state index >= 15 is 0 Å². The number of hydrogen-bond acceptors (Lipinski definition) is 2. The van der Waals surface area contributed by atoms with Gasteiger partial charge >= 0.3 is 0 Å². The molecule has 2 nitrogen and oxygen atoms in total. The molecular formula is C12H22N2. The van der Waals surface area contributed by atoms with Crippen LogP contribution in [-0.2, 0) is 0 Å². The van der Waals surface area contributed by atoms with Crippen molar-refractivity contribution in [3.8, 4) is 0 Å². The monoisotopic (exact) mass is 194 g/mol. The Hall–Kier alpha value is -0.660. The molecule has 2 heteroatoms. The van der Waals surface area contributed by atoms with E-state index in [-0.39, 0.29) is 0 Å². The van der Waals surface area contributed by atoms with Crippen molar-refractivity contribution >= 4 is 0 Å². The Balaban J connectivity index is 1.85. The molecule has 0 aromatic rings. The summed E-state index contributed by atoms with van der Waals surface area (Å²) in [6.07, 6.45) is 8.23. The van der Waals surface area contributed by atoms with Gasteiger partial charge in [-0.25, -0.2) is 0 Å². The summed E-state index contributed by atoms with van der Waals surface area (Å²) in [6.45, 7) is 9.18. The van der Waals surface area contributed by atoms with Gasteiger partial charge < -0.3 is 9.80 Å². The van der Waals surface area contributed by atoms with Crippen LogP contribution in [0.15, 0.2) is 12.4 Å². The van der Waals surface area contributed by atoms with Crippen LogP contribution in [0.4, 0.5) is 0 Å². The van der Waals surface area contributed by atoms with E-state index in [4.69, 9.17) is 0 Å². The predicted octanol–water partition coefficient (Wildman–Crippen LogP) is 2.43. The number of nitrogens with zero attached hydrogens (tertiary/aromatic N) is 2. The highest BCUT2D eigenvalue weighted by atomic mass is 15.3. The fourth-order valence-electron chi connectivity index (χ4n) is 2.50. The van der Waals surface area contributed by atoms with Crippen LogP contribution in [-0.4, -0.2) is 36.0 Å². The van der Waals surface area contributed by atoms with Gasteiger partial charge in [0.15, 0.2) is 0 Å². The molecule has 2 heterocycles. The van der Waals surface area contributed by atoms with Crippen LogP contribution < -0.4 is 0 Å². The first kappa shape index (κ1) is 9.88. The summed E-state index contributed by atoms with van der Waals surface area (Å²) in [5.41, 5.74) is 0. The smallest absolute Gasteiger partial charge is 0.0965 e. The second-order valence-corrected chi connectivity index (χ2v) is 4.51. The summed E-state index contributed by atoms with van der Waals surface area (Å²) in [5, 5.41) is 0. The van der Waals surface area contributed by atoms with E-state index in [0.29, 0.717) is 0 Å². The van der Waals surface area contributed by atoms with Crippen molar-refractivity contribution < 1.29 is 0 Å². The standard InChI is InChI=1S/C12H22N2/c1-12(13-8-4-2-5-9-13)14-10-6-3-7-11-14/h1-11H2. The third-order valence-corrected chi connectivity index (χ3v) is 3.44. The molecule has 2 aliphatic heterocycles. The van der Waals surface area contributed by atoms with Crippen LogP contribution in [0.25, 0.3) is 0 Å². The normalized spacial score (nSPS) is 23.7. The van der Waals surface area contributed by atoms with E-state index in [1.54, 1.807) is 0 Å². The molecule has 2 fully saturated rings. The van der Waals surface area contributed by atoms with E-state index in [1.807, 2.05) is 0 Å². The van der Waals surface area contributed by atoms with Crippen LogP contribution in [0.3, 0.4) is 0 Å². The van der Waals surface area contributed by atoms with Gasteiger partial charge in [-0.2, -0.15) is 0 Å². The molecular weight excluding hydrogens is 172 g/mol. The minimum absolute atomic E-state index is 1.23. The molecule has 0 radical (unpaired) electrons. The van der Waals surface area contributed by atoms with Crippen molar-refractivity contribution in [2.75, 3.05) is 26.2 Å². The van der Waals surface area contributed by atoms with Gasteiger partial charge in [0, 0.05) is 26.2 Å². The lowest BCUT2D eigenvalue weighted by atomic mass is 10.1. The van der Waals surface area contributed by atoms with Crippen LogP contribution in [0, 0.1) is 0 Å². The molecule has 80 valence electrons. The van der Waals surface area contributed by atoms with Gasteiger partial charge in [-0.05, 0) is 38.5 Å². The average molecular weight is 194 g/mol. The molecule has 0 bridgehead atoms. The minimum Gasteiger partial charge on any atom is -0.359 e. The maximum Gasteiger partial charge on any atom is 0.0965 e. The molecule has 2 saturated heterocycles. The molecule has 0 amide bonds. The zero-order chi connectivity index (χ0) is 9.80. The molecule has 0 saturated carbocycles. The molecule has 0 aromatic carbocycles. The quantitative estimate of drug-likeness (QED) is 0.666. The van der Waals surface area contributed by atoms with Crippen molar-refractivity contribution in [2.24, 2.45) is 0 Å². The topological polar surface area (TPSA) is 6.48 Å². The first-order valence-electron chi connectivity index (χ1n) is 6.07. The van der Waals surface area contributed by atoms with Crippen LogP contribution in [0.1, 0.15) is 38.5 Å². The number of hydrogen-bond donors (Lipinski definition) is 0. The van der Waals surface area contributed by atoms with Gasteiger partial charge in [-0.1, -0.05) is 6.58 Å². The summed E-state index contributed by atoms with van der Waals surface area (Å²) >= 11 is 0. The van der Waals surface area contributed by atoms with Crippen molar-refractivity contribution in [3.63, 3.8) is 0 Å². The van der Waals surface area contributed by atoms with Gasteiger partial charge in [-0.15, -0.1) is 0 Å². The van der Waals surface area contributed by atoms with Crippen LogP contribution in [0.5, 0.6) is 0 Å². The number of likely N-dealkylation sites (tertiary alicyclic amines) is 2. The average Bonchev–Trinajstić information content (AvgIpc) is 2.30.